The number of hydrogen-bond donors (Lipinski definition) is 2. The highest BCUT2D eigenvalue weighted by Crippen LogP contribution is 2.51. The van der Waals surface area contributed by atoms with E-state index in [1.165, 1.54) is 18.3 Å². The van der Waals surface area contributed by atoms with Gasteiger partial charge in [0.15, 0.2) is 0 Å². The monoisotopic (exact) mass is 391 g/mol. The first kappa shape index (κ1) is 20.8. The van der Waals surface area contributed by atoms with E-state index in [1.807, 2.05) is 0 Å². The fourth-order valence-corrected chi connectivity index (χ4v) is 4.01. The zero-order valence-electron chi connectivity index (χ0n) is 15.2. The molecule has 0 aliphatic rings. The number of aromatic nitrogens is 1. The molecule has 9 heteroatoms. The van der Waals surface area contributed by atoms with E-state index in [-0.39, 0.29) is 17.6 Å². The van der Waals surface area contributed by atoms with E-state index in [2.05, 4.69) is 10.3 Å². The summed E-state index contributed by atoms with van der Waals surface area (Å²) in [5.74, 6) is -0.655. The minimum Gasteiger partial charge on any atom is -0.366 e. The Morgan fingerprint density at radius 3 is 2.11 bits per heavy atom. The first-order valence-electron chi connectivity index (χ1n) is 8.41. The normalized spacial score (nSPS) is 11.2. The van der Waals surface area contributed by atoms with Crippen LogP contribution in [0, 0.1) is 0 Å². The molecular formula is C18H22N3O5P. The summed E-state index contributed by atoms with van der Waals surface area (Å²) < 4.78 is 23.1. The first-order chi connectivity index (χ1) is 12.9. The predicted octanol–water partition coefficient (Wildman–Crippen LogP) is 3.20. The van der Waals surface area contributed by atoms with E-state index >= 15 is 0 Å². The van der Waals surface area contributed by atoms with Crippen molar-refractivity contribution < 1.29 is 23.2 Å². The average molecular weight is 391 g/mol. The second kappa shape index (κ2) is 9.41. The number of hydrogen-bond acceptors (Lipinski definition) is 6. The highest BCUT2D eigenvalue weighted by atomic mass is 31.2. The van der Waals surface area contributed by atoms with Crippen LogP contribution in [-0.2, 0) is 19.8 Å². The number of carbonyl (C=O) groups is 2. The molecule has 144 valence electrons. The highest BCUT2D eigenvalue weighted by molar-refractivity contribution is 7.53. The minimum atomic E-state index is -3.20. The molecule has 1 heterocycles. The first-order valence-corrected chi connectivity index (χ1v) is 10.1. The molecule has 0 unspecified atom stereocenters. The van der Waals surface area contributed by atoms with Crippen molar-refractivity contribution in [2.75, 3.05) is 18.5 Å². The van der Waals surface area contributed by atoms with Gasteiger partial charge in [0.1, 0.15) is 5.82 Å². The number of nitrogens with one attached hydrogen (secondary N) is 1. The quantitative estimate of drug-likeness (QED) is 0.633. The van der Waals surface area contributed by atoms with Crippen LogP contribution in [0.3, 0.4) is 0 Å². The molecule has 0 saturated carbocycles. The Morgan fingerprint density at radius 2 is 1.63 bits per heavy atom. The molecular weight excluding hydrogens is 369 g/mol. The van der Waals surface area contributed by atoms with E-state index < -0.39 is 13.5 Å². The Hall–Kier alpha value is -2.54. The van der Waals surface area contributed by atoms with Gasteiger partial charge in [-0.05, 0) is 43.7 Å². The van der Waals surface area contributed by atoms with Gasteiger partial charge in [0.25, 0.3) is 5.91 Å². The van der Waals surface area contributed by atoms with Gasteiger partial charge < -0.3 is 20.1 Å². The summed E-state index contributed by atoms with van der Waals surface area (Å²) in [6.07, 6.45) is 1.42. The van der Waals surface area contributed by atoms with E-state index in [9.17, 15) is 14.2 Å². The van der Waals surface area contributed by atoms with Crippen LogP contribution < -0.4 is 11.1 Å². The van der Waals surface area contributed by atoms with Crippen LogP contribution in [0.2, 0.25) is 0 Å². The van der Waals surface area contributed by atoms with Crippen molar-refractivity contribution in [3.8, 4) is 0 Å². The number of nitrogens with two attached hydrogens (primary N) is 1. The Balaban J connectivity index is 2.04. The number of benzene rings is 1. The van der Waals surface area contributed by atoms with Crippen molar-refractivity contribution in [3.63, 3.8) is 0 Å². The highest BCUT2D eigenvalue weighted by Gasteiger charge is 2.24. The van der Waals surface area contributed by atoms with E-state index in [0.717, 1.165) is 5.56 Å². The van der Waals surface area contributed by atoms with Gasteiger partial charge in [-0.1, -0.05) is 12.1 Å². The molecule has 0 radical (unpaired) electrons. The second-order valence-corrected chi connectivity index (χ2v) is 7.61. The van der Waals surface area contributed by atoms with Gasteiger partial charge in [-0.25, -0.2) is 4.98 Å². The molecule has 0 fully saturated rings. The molecule has 0 spiro atoms. The topological polar surface area (TPSA) is 121 Å². The molecule has 0 atom stereocenters. The fourth-order valence-electron chi connectivity index (χ4n) is 2.31. The van der Waals surface area contributed by atoms with E-state index in [1.54, 1.807) is 38.1 Å². The average Bonchev–Trinajstić information content (AvgIpc) is 2.63. The third-order valence-corrected chi connectivity index (χ3v) is 5.59. The Bertz CT molecular complexity index is 827. The molecule has 0 saturated heterocycles. The second-order valence-electron chi connectivity index (χ2n) is 5.55. The Morgan fingerprint density at radius 1 is 1.04 bits per heavy atom. The maximum absolute atomic E-state index is 12.6. The zero-order chi connectivity index (χ0) is 19.9. The van der Waals surface area contributed by atoms with Gasteiger partial charge in [0, 0.05) is 11.8 Å². The summed E-state index contributed by atoms with van der Waals surface area (Å²) in [6.45, 7) is 4.09. The third-order valence-electron chi connectivity index (χ3n) is 3.53. The summed E-state index contributed by atoms with van der Waals surface area (Å²) in [4.78, 5) is 27.3. The van der Waals surface area contributed by atoms with Gasteiger partial charge in [-0.3, -0.25) is 14.2 Å². The number of primary amides is 1. The van der Waals surface area contributed by atoms with Crippen LogP contribution in [0.4, 0.5) is 5.82 Å². The smallest absolute Gasteiger partial charge is 0.335 e. The summed E-state index contributed by atoms with van der Waals surface area (Å²) in [5, 5.41) is 2.63. The van der Waals surface area contributed by atoms with Crippen LogP contribution in [0.25, 0.3) is 0 Å². The molecule has 1 aromatic heterocycles. The van der Waals surface area contributed by atoms with Crippen LogP contribution in [-0.4, -0.2) is 30.0 Å². The fraction of sp³-hybridized carbons (Fsp3) is 0.278. The lowest BCUT2D eigenvalue weighted by Crippen LogP contribution is -2.14. The molecule has 2 aromatic rings. The lowest BCUT2D eigenvalue weighted by atomic mass is 10.1. The Kier molecular flexibility index (Phi) is 7.24. The van der Waals surface area contributed by atoms with Crippen LogP contribution in [0.15, 0.2) is 42.6 Å². The molecule has 27 heavy (non-hydrogen) atoms. The minimum absolute atomic E-state index is 0.132. The van der Waals surface area contributed by atoms with E-state index in [0.29, 0.717) is 24.6 Å². The van der Waals surface area contributed by atoms with Crippen LogP contribution in [0.1, 0.15) is 40.1 Å². The number of anilines is 1. The number of carbonyl (C=O) groups excluding carboxylic acids is 2. The van der Waals surface area contributed by atoms with Crippen LogP contribution >= 0.6 is 7.60 Å². The Labute approximate surface area is 157 Å². The summed E-state index contributed by atoms with van der Waals surface area (Å²) in [6, 6.07) is 9.60. The number of rotatable bonds is 9. The van der Waals surface area contributed by atoms with Gasteiger partial charge in [0.2, 0.25) is 5.91 Å². The zero-order valence-corrected chi connectivity index (χ0v) is 16.1. The molecule has 0 aliphatic heterocycles. The van der Waals surface area contributed by atoms with Crippen molar-refractivity contribution >= 4 is 25.2 Å². The van der Waals surface area contributed by atoms with Gasteiger partial charge in [-0.2, -0.15) is 0 Å². The molecule has 0 aliphatic carbocycles. The number of nitrogens with zero attached hydrogens (tertiary/aromatic N) is 1. The summed E-state index contributed by atoms with van der Waals surface area (Å²) >= 11 is 0. The van der Waals surface area contributed by atoms with Crippen LogP contribution in [0.5, 0.6) is 0 Å². The standard InChI is InChI=1S/C18H22N3O5P/c1-3-25-27(24,26-4-2)12-13-5-7-14(8-6-13)18(23)21-16-10-9-15(11-20-16)17(19)22/h5-11H,3-4,12H2,1-2H3,(H2,19,22)(H,20,21,23). The molecule has 0 bridgehead atoms. The van der Waals surface area contributed by atoms with Crippen molar-refractivity contribution in [1.82, 2.24) is 4.98 Å². The number of pyridine rings is 1. The maximum Gasteiger partial charge on any atom is 0.335 e. The van der Waals surface area contributed by atoms with Crippen molar-refractivity contribution in [3.05, 3.63) is 59.3 Å². The van der Waals surface area contributed by atoms with Crippen molar-refractivity contribution in [2.24, 2.45) is 5.73 Å². The van der Waals surface area contributed by atoms with Gasteiger partial charge in [0.05, 0.1) is 24.9 Å². The molecule has 2 amide bonds. The lowest BCUT2D eigenvalue weighted by molar-refractivity contribution is 0.0998. The molecule has 3 N–H and O–H groups in total. The third kappa shape index (κ3) is 5.99. The van der Waals surface area contributed by atoms with Crippen molar-refractivity contribution in [2.45, 2.75) is 20.0 Å². The molecule has 1 aromatic carbocycles. The lowest BCUT2D eigenvalue weighted by Gasteiger charge is -2.17. The van der Waals surface area contributed by atoms with Gasteiger partial charge in [-0.15, -0.1) is 0 Å². The number of amides is 2. The summed E-state index contributed by atoms with van der Waals surface area (Å²) in [7, 11) is -3.20. The molecule has 8 nitrogen and oxygen atoms in total. The summed E-state index contributed by atoms with van der Waals surface area (Å²) in [5.41, 5.74) is 6.54. The maximum atomic E-state index is 12.6. The van der Waals surface area contributed by atoms with E-state index in [4.69, 9.17) is 14.8 Å². The predicted molar refractivity (Wildman–Crippen MR) is 102 cm³/mol. The SMILES string of the molecule is CCOP(=O)(Cc1ccc(C(=O)Nc2ccc(C(N)=O)cn2)cc1)OCC. The molecule has 2 rings (SSSR count). The van der Waals surface area contributed by atoms with Gasteiger partial charge >= 0.3 is 7.60 Å². The van der Waals surface area contributed by atoms with Crippen molar-refractivity contribution in [1.29, 1.82) is 0 Å². The largest absolute Gasteiger partial charge is 0.366 e.